The lowest BCUT2D eigenvalue weighted by atomic mass is 10.2. The zero-order valence-corrected chi connectivity index (χ0v) is 17.8. The number of halogens is 7. The highest BCUT2D eigenvalue weighted by atomic mass is 35.5. The molecule has 0 unspecified atom stereocenters. The fourth-order valence-corrected chi connectivity index (χ4v) is 5.92. The Bertz CT molecular complexity index is 1270. The van der Waals surface area contributed by atoms with Gasteiger partial charge in [0.2, 0.25) is 0 Å². The molecule has 4 rings (SSSR count). The first-order chi connectivity index (χ1) is 14.1. The van der Waals surface area contributed by atoms with Crippen LogP contribution in [0.1, 0.15) is 11.8 Å². The van der Waals surface area contributed by atoms with Gasteiger partial charge in [-0.2, -0.15) is 30.1 Å². The topological polar surface area (TPSA) is 55.2 Å². The monoisotopic (exact) mass is 503 g/mol. The molecule has 2 aromatic heterocycles. The van der Waals surface area contributed by atoms with E-state index in [-0.39, 0.29) is 15.9 Å². The van der Waals surface area contributed by atoms with Crippen molar-refractivity contribution < 1.29 is 34.8 Å². The van der Waals surface area contributed by atoms with Gasteiger partial charge in [-0.3, -0.25) is 0 Å². The van der Waals surface area contributed by atoms with Crippen LogP contribution in [0.4, 0.5) is 32.2 Å². The highest BCUT2D eigenvalue weighted by molar-refractivity contribution is 7.90. The number of nitrogens with zero attached hydrogens (tertiary/aromatic N) is 3. The summed E-state index contributed by atoms with van der Waals surface area (Å²) in [5.41, 5.74) is -0.169. The average Bonchev–Trinajstić information content (AvgIpc) is 3.31. The smallest absolute Gasteiger partial charge is 0.329 e. The van der Waals surface area contributed by atoms with Crippen LogP contribution < -0.4 is 4.90 Å². The van der Waals surface area contributed by atoms with Crippen molar-refractivity contribution in [2.75, 3.05) is 18.0 Å². The van der Waals surface area contributed by atoms with Crippen molar-refractivity contribution in [1.29, 1.82) is 0 Å². The summed E-state index contributed by atoms with van der Waals surface area (Å²) in [6.45, 7) is -2.20. The third-order valence-electron chi connectivity index (χ3n) is 4.75. The number of anilines is 1. The van der Waals surface area contributed by atoms with Crippen molar-refractivity contribution in [2.24, 2.45) is 0 Å². The molecule has 1 aliphatic heterocycles. The number of benzene rings is 1. The summed E-state index contributed by atoms with van der Waals surface area (Å²) in [4.78, 5) is -0.471. The Morgan fingerprint density at radius 3 is 2.32 bits per heavy atom. The predicted molar refractivity (Wildman–Crippen MR) is 103 cm³/mol. The Labute approximate surface area is 180 Å². The van der Waals surface area contributed by atoms with Crippen molar-refractivity contribution in [2.45, 2.75) is 29.6 Å². The summed E-state index contributed by atoms with van der Waals surface area (Å²) in [5.74, 6) is -12.5. The molecular weight excluding hydrogens is 492 g/mol. The Kier molecular flexibility index (Phi) is 4.84. The van der Waals surface area contributed by atoms with Gasteiger partial charge in [-0.25, -0.2) is 8.78 Å². The van der Waals surface area contributed by atoms with Crippen LogP contribution in [-0.4, -0.2) is 42.5 Å². The molecular formula is C17H12ClF6N3O2S2. The summed E-state index contributed by atoms with van der Waals surface area (Å²) in [5, 5.41) is 4.56. The van der Waals surface area contributed by atoms with E-state index in [1.54, 1.807) is 0 Å². The minimum Gasteiger partial charge on any atom is -0.342 e. The van der Waals surface area contributed by atoms with E-state index in [9.17, 15) is 34.8 Å². The molecule has 0 amide bonds. The van der Waals surface area contributed by atoms with Crippen molar-refractivity contribution in [3.8, 4) is 0 Å². The largest absolute Gasteiger partial charge is 0.342 e. The lowest BCUT2D eigenvalue weighted by molar-refractivity contribution is -0.172. The van der Waals surface area contributed by atoms with Crippen molar-refractivity contribution in [1.82, 2.24) is 9.19 Å². The molecule has 1 saturated heterocycles. The van der Waals surface area contributed by atoms with Gasteiger partial charge in [0.15, 0.2) is 5.82 Å². The van der Waals surface area contributed by atoms with Crippen LogP contribution in [-0.2, 0) is 15.9 Å². The van der Waals surface area contributed by atoms with E-state index < -0.39 is 56.5 Å². The molecule has 0 atom stereocenters. The first-order valence-electron chi connectivity index (χ1n) is 8.55. The maximum absolute atomic E-state index is 13.7. The maximum atomic E-state index is 13.7. The Morgan fingerprint density at radius 2 is 1.77 bits per heavy atom. The van der Waals surface area contributed by atoms with Crippen LogP contribution in [0.2, 0.25) is 5.02 Å². The number of fused-ring (bicyclic) bond motifs is 1. The van der Waals surface area contributed by atoms with Gasteiger partial charge in [0.1, 0.15) is 4.90 Å². The quantitative estimate of drug-likeness (QED) is 0.460. The number of aromatic nitrogens is 2. The minimum absolute atomic E-state index is 0.0985. The summed E-state index contributed by atoms with van der Waals surface area (Å²) in [6, 6.07) is 4.70. The lowest BCUT2D eigenvalue weighted by Gasteiger charge is -2.14. The van der Waals surface area contributed by atoms with E-state index in [2.05, 4.69) is 5.10 Å². The van der Waals surface area contributed by atoms with Gasteiger partial charge < -0.3 is 4.90 Å². The van der Waals surface area contributed by atoms with E-state index in [0.29, 0.717) is 27.2 Å². The van der Waals surface area contributed by atoms with Crippen LogP contribution in [0.3, 0.4) is 0 Å². The molecule has 3 heterocycles. The van der Waals surface area contributed by atoms with E-state index in [4.69, 9.17) is 11.6 Å². The predicted octanol–water partition coefficient (Wildman–Crippen LogP) is 5.19. The second kappa shape index (κ2) is 6.75. The van der Waals surface area contributed by atoms with Gasteiger partial charge in [0.05, 0.1) is 33.9 Å². The molecule has 0 radical (unpaired) electrons. The standard InChI is InChI=1S/C17H12ClF6N3O2S2/c1-15(19,20)12-5-9(6-30-12)31(28,29)27-11-4-2-3-10(18)13(11)14(25-27)26-7-16(21,22)17(23,24)8-26/h2-6H,7-8H2,1H3. The van der Waals surface area contributed by atoms with Crippen LogP contribution in [0.5, 0.6) is 0 Å². The second-order valence-corrected chi connectivity index (χ2v) is 10.2. The SMILES string of the molecule is CC(F)(F)c1cc(S(=O)(=O)n2nc(N3CC(F)(F)C(F)(F)C3)c3c(Cl)cccc32)cs1. The lowest BCUT2D eigenvalue weighted by Crippen LogP contribution is -2.38. The first kappa shape index (κ1) is 22.2. The average molecular weight is 504 g/mol. The van der Waals surface area contributed by atoms with Gasteiger partial charge in [0.25, 0.3) is 15.9 Å². The van der Waals surface area contributed by atoms with E-state index in [1.165, 1.54) is 18.2 Å². The highest BCUT2D eigenvalue weighted by Crippen LogP contribution is 2.45. The number of hydrogen-bond acceptors (Lipinski definition) is 5. The molecule has 3 aromatic rings. The fourth-order valence-electron chi connectivity index (χ4n) is 3.19. The normalized spacial score (nSPS) is 18.8. The zero-order chi connectivity index (χ0) is 23.0. The van der Waals surface area contributed by atoms with Crippen LogP contribution in [0, 0.1) is 0 Å². The third kappa shape index (κ3) is 3.46. The summed E-state index contributed by atoms with van der Waals surface area (Å²) >= 11 is 6.62. The molecule has 168 valence electrons. The van der Waals surface area contributed by atoms with Crippen molar-refractivity contribution in [3.63, 3.8) is 0 Å². The molecule has 1 aromatic carbocycles. The van der Waals surface area contributed by atoms with E-state index in [0.717, 1.165) is 11.4 Å². The Balaban J connectivity index is 1.89. The Hall–Kier alpha value is -1.99. The minimum atomic E-state index is -4.57. The molecule has 1 fully saturated rings. The molecule has 0 aliphatic carbocycles. The zero-order valence-electron chi connectivity index (χ0n) is 15.4. The summed E-state index contributed by atoms with van der Waals surface area (Å²) in [6.07, 6.45) is 0. The number of alkyl halides is 6. The van der Waals surface area contributed by atoms with Crippen molar-refractivity contribution >= 4 is 49.7 Å². The van der Waals surface area contributed by atoms with E-state index >= 15 is 0 Å². The number of rotatable bonds is 4. The van der Waals surface area contributed by atoms with E-state index in [1.807, 2.05) is 0 Å². The van der Waals surface area contributed by atoms with Crippen molar-refractivity contribution in [3.05, 3.63) is 39.5 Å². The molecule has 0 saturated carbocycles. The molecule has 1 aliphatic rings. The maximum Gasteiger partial charge on any atom is 0.329 e. The molecule has 5 nitrogen and oxygen atoms in total. The first-order valence-corrected chi connectivity index (χ1v) is 11.3. The van der Waals surface area contributed by atoms with Crippen LogP contribution >= 0.6 is 22.9 Å². The summed E-state index contributed by atoms with van der Waals surface area (Å²) in [7, 11) is -4.57. The van der Waals surface area contributed by atoms with Gasteiger partial charge in [-0.1, -0.05) is 17.7 Å². The third-order valence-corrected chi connectivity index (χ3v) is 7.89. The Morgan fingerprint density at radius 1 is 1.16 bits per heavy atom. The number of hydrogen-bond donors (Lipinski definition) is 0. The van der Waals surface area contributed by atoms with Crippen LogP contribution in [0.15, 0.2) is 34.5 Å². The van der Waals surface area contributed by atoms with Gasteiger partial charge in [0, 0.05) is 12.3 Å². The molecule has 0 bridgehead atoms. The van der Waals surface area contributed by atoms with Gasteiger partial charge in [-0.15, -0.1) is 16.4 Å². The second-order valence-electron chi connectivity index (χ2n) is 7.11. The summed E-state index contributed by atoms with van der Waals surface area (Å²) < 4.78 is 109. The molecule has 31 heavy (non-hydrogen) atoms. The molecule has 0 N–H and O–H groups in total. The molecule has 14 heteroatoms. The fraction of sp³-hybridized carbons (Fsp3) is 0.353. The number of thiophene rings is 1. The van der Waals surface area contributed by atoms with Gasteiger partial charge in [-0.05, 0) is 18.2 Å². The van der Waals surface area contributed by atoms with Crippen LogP contribution in [0.25, 0.3) is 10.9 Å². The molecule has 0 spiro atoms. The highest BCUT2D eigenvalue weighted by Gasteiger charge is 2.63. The van der Waals surface area contributed by atoms with Gasteiger partial charge >= 0.3 is 11.8 Å².